The molecule has 0 radical (unpaired) electrons. The normalized spacial score (nSPS) is 14.1. The van der Waals surface area contributed by atoms with Crippen LogP contribution in [0.25, 0.3) is 0 Å². The Bertz CT molecular complexity index is 599. The van der Waals surface area contributed by atoms with Crippen molar-refractivity contribution < 1.29 is 0 Å². The minimum atomic E-state index is -0.0900. The Morgan fingerprint density at radius 1 is 1.43 bits per heavy atom. The maximum atomic E-state index is 5.70. The summed E-state index contributed by atoms with van der Waals surface area (Å²) in [5.74, 6) is 5.70. The van der Waals surface area contributed by atoms with Crippen LogP contribution in [0, 0.1) is 0 Å². The Labute approximate surface area is 141 Å². The summed E-state index contributed by atoms with van der Waals surface area (Å²) in [6.07, 6.45) is 5.52. The molecule has 0 fully saturated rings. The van der Waals surface area contributed by atoms with E-state index in [4.69, 9.17) is 5.84 Å². The number of nitrogens with one attached hydrogen (secondary N) is 1. The van der Waals surface area contributed by atoms with Gasteiger partial charge in [0.1, 0.15) is 0 Å². The monoisotopic (exact) mass is 415 g/mol. The molecule has 2 heterocycles. The third-order valence-electron chi connectivity index (χ3n) is 3.49. The van der Waals surface area contributed by atoms with Crippen LogP contribution in [-0.2, 0) is 6.42 Å². The SMILES string of the molecule is CCC(C)n1ccc(CC(NN)c2ncc(Br)cc2Br)n1. The maximum Gasteiger partial charge on any atom is 0.0733 e. The number of nitrogens with zero attached hydrogens (tertiary/aromatic N) is 3. The van der Waals surface area contributed by atoms with Gasteiger partial charge >= 0.3 is 0 Å². The number of pyridine rings is 1. The van der Waals surface area contributed by atoms with Gasteiger partial charge in [-0.2, -0.15) is 5.10 Å². The predicted octanol–water partition coefficient (Wildman–Crippen LogP) is 3.52. The third-order valence-corrected chi connectivity index (χ3v) is 4.56. The fraction of sp³-hybridized carbons (Fsp3) is 0.429. The summed E-state index contributed by atoms with van der Waals surface area (Å²) < 4.78 is 3.84. The molecule has 0 bridgehead atoms. The van der Waals surface area contributed by atoms with E-state index in [-0.39, 0.29) is 6.04 Å². The van der Waals surface area contributed by atoms with Gasteiger partial charge in [-0.15, -0.1) is 0 Å². The van der Waals surface area contributed by atoms with E-state index in [0.717, 1.165) is 26.8 Å². The summed E-state index contributed by atoms with van der Waals surface area (Å²) in [7, 11) is 0. The molecule has 0 aliphatic rings. The van der Waals surface area contributed by atoms with E-state index in [1.54, 1.807) is 6.20 Å². The van der Waals surface area contributed by atoms with Crippen molar-refractivity contribution in [2.75, 3.05) is 0 Å². The van der Waals surface area contributed by atoms with Gasteiger partial charge in [0.15, 0.2) is 0 Å². The van der Waals surface area contributed by atoms with E-state index in [9.17, 15) is 0 Å². The molecule has 0 saturated heterocycles. The van der Waals surface area contributed by atoms with Crippen molar-refractivity contribution >= 4 is 31.9 Å². The molecule has 114 valence electrons. The smallest absolute Gasteiger partial charge is 0.0733 e. The Hall–Kier alpha value is -0.760. The van der Waals surface area contributed by atoms with E-state index >= 15 is 0 Å². The first-order chi connectivity index (χ1) is 10.0. The van der Waals surface area contributed by atoms with Crippen LogP contribution in [0.1, 0.15) is 43.7 Å². The molecule has 2 atom stereocenters. The number of aromatic nitrogens is 3. The fourth-order valence-corrected chi connectivity index (χ4v) is 3.31. The van der Waals surface area contributed by atoms with Crippen LogP contribution in [-0.4, -0.2) is 14.8 Å². The van der Waals surface area contributed by atoms with E-state index in [1.807, 2.05) is 23.0 Å². The molecule has 0 aliphatic heterocycles. The van der Waals surface area contributed by atoms with Gasteiger partial charge < -0.3 is 0 Å². The Balaban J connectivity index is 2.17. The van der Waals surface area contributed by atoms with Crippen molar-refractivity contribution in [3.05, 3.63) is 44.9 Å². The van der Waals surface area contributed by atoms with Crippen molar-refractivity contribution in [2.45, 2.75) is 38.8 Å². The minimum absolute atomic E-state index is 0.0900. The van der Waals surface area contributed by atoms with Crippen LogP contribution >= 0.6 is 31.9 Å². The lowest BCUT2D eigenvalue weighted by molar-refractivity contribution is 0.465. The highest BCUT2D eigenvalue weighted by atomic mass is 79.9. The summed E-state index contributed by atoms with van der Waals surface area (Å²) in [5.41, 5.74) is 4.69. The summed E-state index contributed by atoms with van der Waals surface area (Å²) >= 11 is 6.93. The summed E-state index contributed by atoms with van der Waals surface area (Å²) in [6.45, 7) is 4.31. The fourth-order valence-electron chi connectivity index (χ4n) is 2.04. The van der Waals surface area contributed by atoms with Gasteiger partial charge in [-0.05, 0) is 57.3 Å². The number of hydrogen-bond donors (Lipinski definition) is 2. The zero-order valence-corrected chi connectivity index (χ0v) is 15.2. The Morgan fingerprint density at radius 3 is 2.81 bits per heavy atom. The van der Waals surface area contributed by atoms with Crippen molar-refractivity contribution in [1.29, 1.82) is 0 Å². The number of hydrogen-bond acceptors (Lipinski definition) is 4. The number of halogens is 2. The quantitative estimate of drug-likeness (QED) is 0.558. The molecule has 0 amide bonds. The van der Waals surface area contributed by atoms with Crippen molar-refractivity contribution in [1.82, 2.24) is 20.2 Å². The molecule has 0 aromatic carbocycles. The molecule has 2 rings (SSSR count). The van der Waals surface area contributed by atoms with E-state index in [1.165, 1.54) is 0 Å². The average Bonchev–Trinajstić information content (AvgIpc) is 2.93. The molecule has 5 nitrogen and oxygen atoms in total. The van der Waals surface area contributed by atoms with E-state index < -0.39 is 0 Å². The second kappa shape index (κ2) is 7.49. The number of nitrogens with two attached hydrogens (primary N) is 1. The molecule has 2 aromatic heterocycles. The highest BCUT2D eigenvalue weighted by molar-refractivity contribution is 9.11. The molecule has 21 heavy (non-hydrogen) atoms. The van der Waals surface area contributed by atoms with Crippen LogP contribution in [0.4, 0.5) is 0 Å². The van der Waals surface area contributed by atoms with Crippen molar-refractivity contribution in [3.63, 3.8) is 0 Å². The van der Waals surface area contributed by atoms with E-state index in [0.29, 0.717) is 12.5 Å². The standard InChI is InChI=1S/C14H19Br2N5/c1-3-9(2)21-5-4-11(20-21)7-13(19-17)14-12(16)6-10(15)8-18-14/h4-6,8-9,13,19H,3,7,17H2,1-2H3. The summed E-state index contributed by atoms with van der Waals surface area (Å²) in [5, 5.41) is 4.61. The van der Waals surface area contributed by atoms with Crippen molar-refractivity contribution in [2.24, 2.45) is 5.84 Å². The zero-order valence-electron chi connectivity index (χ0n) is 12.1. The van der Waals surface area contributed by atoms with Gasteiger partial charge in [0.25, 0.3) is 0 Å². The van der Waals surface area contributed by atoms with Gasteiger partial charge in [0.2, 0.25) is 0 Å². The maximum absolute atomic E-state index is 5.70. The molecular formula is C14H19Br2N5. The third kappa shape index (κ3) is 4.12. The summed E-state index contributed by atoms with van der Waals surface area (Å²) in [4.78, 5) is 4.43. The van der Waals surface area contributed by atoms with Crippen molar-refractivity contribution in [3.8, 4) is 0 Å². The number of rotatable bonds is 6. The van der Waals surface area contributed by atoms with Crippen LogP contribution in [0.15, 0.2) is 33.5 Å². The van der Waals surface area contributed by atoms with Crippen LogP contribution in [0.5, 0.6) is 0 Å². The van der Waals surface area contributed by atoms with Gasteiger partial charge in [0.05, 0.1) is 17.4 Å². The Morgan fingerprint density at radius 2 is 2.19 bits per heavy atom. The lowest BCUT2D eigenvalue weighted by Gasteiger charge is -2.16. The Kier molecular flexibility index (Phi) is 5.92. The van der Waals surface area contributed by atoms with Gasteiger partial charge in [0, 0.05) is 33.8 Å². The highest BCUT2D eigenvalue weighted by Gasteiger charge is 2.17. The lowest BCUT2D eigenvalue weighted by atomic mass is 10.1. The first-order valence-corrected chi connectivity index (χ1v) is 8.44. The topological polar surface area (TPSA) is 68.8 Å². The van der Waals surface area contributed by atoms with Gasteiger partial charge in [-0.25, -0.2) is 0 Å². The minimum Gasteiger partial charge on any atom is -0.271 e. The zero-order chi connectivity index (χ0) is 15.4. The van der Waals surface area contributed by atoms with Crippen LogP contribution < -0.4 is 11.3 Å². The average molecular weight is 417 g/mol. The second-order valence-corrected chi connectivity index (χ2v) is 6.76. The van der Waals surface area contributed by atoms with Gasteiger partial charge in [-0.3, -0.25) is 20.9 Å². The lowest BCUT2D eigenvalue weighted by Crippen LogP contribution is -2.30. The van der Waals surface area contributed by atoms with Crippen LogP contribution in [0.3, 0.4) is 0 Å². The van der Waals surface area contributed by atoms with E-state index in [2.05, 4.69) is 61.2 Å². The molecule has 0 aliphatic carbocycles. The molecule has 2 aromatic rings. The molecule has 7 heteroatoms. The predicted molar refractivity (Wildman–Crippen MR) is 90.6 cm³/mol. The number of hydrazine groups is 1. The summed E-state index contributed by atoms with van der Waals surface area (Å²) in [6, 6.07) is 4.31. The molecule has 3 N–H and O–H groups in total. The molecule has 0 saturated carbocycles. The molecular weight excluding hydrogens is 398 g/mol. The second-order valence-electron chi connectivity index (χ2n) is 4.99. The largest absolute Gasteiger partial charge is 0.271 e. The molecule has 0 spiro atoms. The van der Waals surface area contributed by atoms with Crippen LogP contribution in [0.2, 0.25) is 0 Å². The van der Waals surface area contributed by atoms with Gasteiger partial charge in [-0.1, -0.05) is 6.92 Å². The molecule has 2 unspecified atom stereocenters. The highest BCUT2D eigenvalue weighted by Crippen LogP contribution is 2.26. The first-order valence-electron chi connectivity index (χ1n) is 6.86. The first kappa shape index (κ1) is 16.6.